The second-order valence-corrected chi connectivity index (χ2v) is 2.89. The van der Waals surface area contributed by atoms with Crippen LogP contribution in [0, 0.1) is 0 Å². The predicted molar refractivity (Wildman–Crippen MR) is 45.4 cm³/mol. The molecule has 11 heavy (non-hydrogen) atoms. The normalized spacial score (nSPS) is 10.3. The number of nitrogens with two attached hydrogens (primary N) is 1. The molecule has 0 atom stereocenters. The average Bonchev–Trinajstić information content (AvgIpc) is 2.50. The van der Waals surface area contributed by atoms with Crippen molar-refractivity contribution in [3.63, 3.8) is 0 Å². The number of hydrogen-bond acceptors (Lipinski definition) is 4. The predicted octanol–water partition coefficient (Wildman–Crippen LogP) is 1.01. The lowest BCUT2D eigenvalue weighted by atomic mass is 10.4. The van der Waals surface area contributed by atoms with E-state index in [1.54, 1.807) is 11.3 Å². The number of nitrogens with zero attached hydrogens (tertiary/aromatic N) is 1. The first-order valence-electron chi connectivity index (χ1n) is 3.58. The summed E-state index contributed by atoms with van der Waals surface area (Å²) in [6, 6.07) is 0. The van der Waals surface area contributed by atoms with E-state index in [2.05, 4.69) is 4.98 Å². The molecule has 4 heteroatoms. The van der Waals surface area contributed by atoms with E-state index in [0.29, 0.717) is 13.2 Å². The highest BCUT2D eigenvalue weighted by molar-refractivity contribution is 7.07. The van der Waals surface area contributed by atoms with Gasteiger partial charge in [-0.15, -0.1) is 11.3 Å². The van der Waals surface area contributed by atoms with Crippen LogP contribution in [0.1, 0.15) is 12.1 Å². The minimum atomic E-state index is 0.615. The highest BCUT2D eigenvalue weighted by Crippen LogP contribution is 2.02. The second-order valence-electron chi connectivity index (χ2n) is 2.17. The van der Waals surface area contributed by atoms with Crippen molar-refractivity contribution in [2.24, 2.45) is 5.73 Å². The fourth-order valence-electron chi connectivity index (χ4n) is 0.671. The third kappa shape index (κ3) is 3.46. The highest BCUT2D eigenvalue weighted by atomic mass is 32.1. The first-order chi connectivity index (χ1) is 5.43. The van der Waals surface area contributed by atoms with Crippen LogP contribution in [0.2, 0.25) is 0 Å². The molecule has 2 N–H and O–H groups in total. The number of hydrogen-bond donors (Lipinski definition) is 1. The van der Waals surface area contributed by atoms with Gasteiger partial charge in [0.1, 0.15) is 0 Å². The van der Waals surface area contributed by atoms with Crippen LogP contribution in [0.25, 0.3) is 0 Å². The van der Waals surface area contributed by atoms with E-state index >= 15 is 0 Å². The molecule has 0 bridgehead atoms. The lowest BCUT2D eigenvalue weighted by molar-refractivity contribution is 0.118. The van der Waals surface area contributed by atoms with Crippen LogP contribution >= 0.6 is 11.3 Å². The molecule has 1 aromatic heterocycles. The minimum absolute atomic E-state index is 0.615. The van der Waals surface area contributed by atoms with Gasteiger partial charge >= 0.3 is 0 Å². The maximum absolute atomic E-state index is 5.29. The van der Waals surface area contributed by atoms with Crippen LogP contribution in [0.5, 0.6) is 0 Å². The van der Waals surface area contributed by atoms with Gasteiger partial charge in [0.05, 0.1) is 17.8 Å². The lowest BCUT2D eigenvalue weighted by Crippen LogP contribution is -2.04. The van der Waals surface area contributed by atoms with Crippen molar-refractivity contribution in [3.05, 3.63) is 16.6 Å². The van der Waals surface area contributed by atoms with Crippen LogP contribution in [-0.4, -0.2) is 18.1 Å². The van der Waals surface area contributed by atoms with Crippen LogP contribution < -0.4 is 5.73 Å². The van der Waals surface area contributed by atoms with Crippen LogP contribution in [0.4, 0.5) is 0 Å². The van der Waals surface area contributed by atoms with Gasteiger partial charge in [-0.2, -0.15) is 0 Å². The molecule has 0 amide bonds. The van der Waals surface area contributed by atoms with E-state index in [1.807, 2.05) is 10.9 Å². The van der Waals surface area contributed by atoms with Gasteiger partial charge < -0.3 is 10.5 Å². The van der Waals surface area contributed by atoms with Gasteiger partial charge in [-0.25, -0.2) is 4.98 Å². The molecule has 1 aromatic rings. The van der Waals surface area contributed by atoms with Crippen LogP contribution in [0.3, 0.4) is 0 Å². The maximum atomic E-state index is 5.29. The molecule has 0 aromatic carbocycles. The maximum Gasteiger partial charge on any atom is 0.0896 e. The smallest absolute Gasteiger partial charge is 0.0896 e. The Morgan fingerprint density at radius 2 is 2.55 bits per heavy atom. The SMILES string of the molecule is NCCCOCc1cscn1. The topological polar surface area (TPSA) is 48.1 Å². The van der Waals surface area contributed by atoms with E-state index < -0.39 is 0 Å². The van der Waals surface area contributed by atoms with Gasteiger partial charge in [0, 0.05) is 12.0 Å². The van der Waals surface area contributed by atoms with Gasteiger partial charge in [0.2, 0.25) is 0 Å². The molecule has 0 unspecified atom stereocenters. The van der Waals surface area contributed by atoms with Gasteiger partial charge in [-0.1, -0.05) is 0 Å². The van der Waals surface area contributed by atoms with Crippen molar-refractivity contribution >= 4 is 11.3 Å². The monoisotopic (exact) mass is 172 g/mol. The molecule has 0 radical (unpaired) electrons. The Balaban J connectivity index is 2.04. The van der Waals surface area contributed by atoms with Crippen molar-refractivity contribution in [3.8, 4) is 0 Å². The Labute approximate surface area is 70.2 Å². The van der Waals surface area contributed by atoms with E-state index in [-0.39, 0.29) is 0 Å². The Hall–Kier alpha value is -0.450. The zero-order valence-corrected chi connectivity index (χ0v) is 7.14. The molecule has 62 valence electrons. The second kappa shape index (κ2) is 5.23. The summed E-state index contributed by atoms with van der Waals surface area (Å²) in [6.45, 7) is 2.04. The third-order valence-electron chi connectivity index (χ3n) is 1.23. The Morgan fingerprint density at radius 1 is 1.64 bits per heavy atom. The molecule has 1 rings (SSSR count). The molecular weight excluding hydrogens is 160 g/mol. The summed E-state index contributed by atoms with van der Waals surface area (Å²) in [7, 11) is 0. The molecule has 0 aliphatic carbocycles. The standard InChI is InChI=1S/C7H12N2OS/c8-2-1-3-10-4-7-5-11-6-9-7/h5-6H,1-4,8H2. The molecule has 0 saturated carbocycles. The molecule has 1 heterocycles. The first kappa shape index (κ1) is 8.64. The molecule has 0 aliphatic rings. The number of thiazole rings is 1. The first-order valence-corrected chi connectivity index (χ1v) is 4.52. The van der Waals surface area contributed by atoms with E-state index in [1.165, 1.54) is 0 Å². The summed E-state index contributed by atoms with van der Waals surface area (Å²) in [6.07, 6.45) is 0.921. The third-order valence-corrected chi connectivity index (χ3v) is 1.86. The molecule has 0 spiro atoms. The molecular formula is C7H12N2OS. The average molecular weight is 172 g/mol. The van der Waals surface area contributed by atoms with Gasteiger partial charge in [0.15, 0.2) is 0 Å². The number of aromatic nitrogens is 1. The zero-order chi connectivity index (χ0) is 7.94. The van der Waals surface area contributed by atoms with E-state index in [0.717, 1.165) is 18.7 Å². The summed E-state index contributed by atoms with van der Waals surface area (Å²) >= 11 is 1.59. The highest BCUT2D eigenvalue weighted by Gasteiger charge is 1.92. The molecule has 0 aliphatic heterocycles. The summed E-state index contributed by atoms with van der Waals surface area (Å²) in [5.74, 6) is 0. The summed E-state index contributed by atoms with van der Waals surface area (Å²) < 4.78 is 5.28. The van der Waals surface area contributed by atoms with Crippen LogP contribution in [-0.2, 0) is 11.3 Å². The summed E-state index contributed by atoms with van der Waals surface area (Å²) in [5.41, 5.74) is 8.11. The van der Waals surface area contributed by atoms with Gasteiger partial charge in [-0.05, 0) is 13.0 Å². The van der Waals surface area contributed by atoms with Crippen molar-refractivity contribution in [1.29, 1.82) is 0 Å². The van der Waals surface area contributed by atoms with Crippen molar-refractivity contribution in [1.82, 2.24) is 4.98 Å². The van der Waals surface area contributed by atoms with Crippen molar-refractivity contribution in [2.45, 2.75) is 13.0 Å². The van der Waals surface area contributed by atoms with E-state index in [9.17, 15) is 0 Å². The van der Waals surface area contributed by atoms with E-state index in [4.69, 9.17) is 10.5 Å². The van der Waals surface area contributed by atoms with Gasteiger partial charge in [0.25, 0.3) is 0 Å². The quantitative estimate of drug-likeness (QED) is 0.674. The Morgan fingerprint density at radius 3 is 3.18 bits per heavy atom. The summed E-state index contributed by atoms with van der Waals surface area (Å²) in [5, 5.41) is 1.99. The lowest BCUT2D eigenvalue weighted by Gasteiger charge is -1.98. The van der Waals surface area contributed by atoms with Gasteiger partial charge in [-0.3, -0.25) is 0 Å². The molecule has 3 nitrogen and oxygen atoms in total. The van der Waals surface area contributed by atoms with Crippen LogP contribution in [0.15, 0.2) is 10.9 Å². The number of ether oxygens (including phenoxy) is 1. The minimum Gasteiger partial charge on any atom is -0.375 e. The Bertz CT molecular complexity index is 177. The molecule has 0 saturated heterocycles. The zero-order valence-electron chi connectivity index (χ0n) is 6.32. The fraction of sp³-hybridized carbons (Fsp3) is 0.571. The Kier molecular flexibility index (Phi) is 4.11. The summed E-state index contributed by atoms with van der Waals surface area (Å²) in [4.78, 5) is 4.08. The largest absolute Gasteiger partial charge is 0.375 e. The number of rotatable bonds is 5. The fourth-order valence-corrected chi connectivity index (χ4v) is 1.21. The van der Waals surface area contributed by atoms with Crippen molar-refractivity contribution in [2.75, 3.05) is 13.2 Å². The molecule has 0 fully saturated rings. The van der Waals surface area contributed by atoms with Crippen molar-refractivity contribution < 1.29 is 4.74 Å².